The van der Waals surface area contributed by atoms with Crippen molar-refractivity contribution in [2.75, 3.05) is 25.2 Å². The van der Waals surface area contributed by atoms with Crippen molar-refractivity contribution < 1.29 is 24.0 Å². The lowest BCUT2D eigenvalue weighted by molar-refractivity contribution is -0.144. The molecule has 1 aromatic carbocycles. The van der Waals surface area contributed by atoms with Crippen molar-refractivity contribution in [1.29, 1.82) is 0 Å². The van der Waals surface area contributed by atoms with Gasteiger partial charge in [-0.3, -0.25) is 9.59 Å². The number of carbonyl (C=O) groups is 3. The Morgan fingerprint density at radius 2 is 2.14 bits per heavy atom. The first-order valence-electron chi connectivity index (χ1n) is 11.0. The van der Waals surface area contributed by atoms with Crippen molar-refractivity contribution in [1.82, 2.24) is 15.2 Å². The standard InChI is InChI=1S/C24H25N5O5S2/c1-13(8-15-7-5-4-6-14(15)2)10-34-23(32)16-9-29-21(31)19(22(29)35-11-16)27-20(30)18(28-33-3)17-12-36-24(25)26-17/h4-9,12,19,22H,10-11H2,1-3H3,(H2,25,26)(H,27,30)/t19?,22-/m1/s1. The number of esters is 1. The average Bonchev–Trinajstić information content (AvgIpc) is 3.30. The van der Waals surface area contributed by atoms with E-state index in [2.05, 4.69) is 15.5 Å². The summed E-state index contributed by atoms with van der Waals surface area (Å²) in [6, 6.07) is 7.18. The molecule has 0 spiro atoms. The van der Waals surface area contributed by atoms with Gasteiger partial charge in [0.1, 0.15) is 30.8 Å². The molecule has 0 aliphatic carbocycles. The lowest BCUT2D eigenvalue weighted by Crippen LogP contribution is -2.69. The number of aryl methyl sites for hydroxylation is 1. The smallest absolute Gasteiger partial charge is 0.336 e. The van der Waals surface area contributed by atoms with Gasteiger partial charge in [0, 0.05) is 17.3 Å². The minimum atomic E-state index is -0.770. The Kier molecular flexibility index (Phi) is 7.75. The van der Waals surface area contributed by atoms with Gasteiger partial charge in [0.15, 0.2) is 10.8 Å². The third-order valence-electron chi connectivity index (χ3n) is 5.52. The third-order valence-corrected chi connectivity index (χ3v) is 7.51. The van der Waals surface area contributed by atoms with Gasteiger partial charge >= 0.3 is 5.97 Å². The molecule has 1 fully saturated rings. The highest BCUT2D eigenvalue weighted by Gasteiger charge is 2.50. The number of benzene rings is 1. The number of β-lactam (4-membered cyclic amide) rings is 1. The lowest BCUT2D eigenvalue weighted by Gasteiger charge is -2.47. The van der Waals surface area contributed by atoms with Crippen molar-refractivity contribution in [2.24, 2.45) is 5.16 Å². The van der Waals surface area contributed by atoms with E-state index in [1.807, 2.05) is 44.2 Å². The molecule has 188 valence electrons. The van der Waals surface area contributed by atoms with Gasteiger partial charge in [-0.15, -0.1) is 23.1 Å². The fraction of sp³-hybridized carbons (Fsp3) is 0.292. The van der Waals surface area contributed by atoms with Crippen LogP contribution in [0.2, 0.25) is 0 Å². The number of ether oxygens (including phenoxy) is 1. The molecular weight excluding hydrogens is 502 g/mol. The molecule has 2 amide bonds. The number of carbonyl (C=O) groups excluding carboxylic acids is 3. The zero-order valence-electron chi connectivity index (χ0n) is 19.9. The van der Waals surface area contributed by atoms with Crippen molar-refractivity contribution >= 4 is 57.8 Å². The Balaban J connectivity index is 1.35. The molecule has 1 saturated heterocycles. The number of rotatable bonds is 8. The van der Waals surface area contributed by atoms with Crippen LogP contribution in [0.3, 0.4) is 0 Å². The Hall–Kier alpha value is -3.64. The van der Waals surface area contributed by atoms with Gasteiger partial charge in [-0.05, 0) is 30.5 Å². The highest BCUT2D eigenvalue weighted by Crippen LogP contribution is 2.36. The van der Waals surface area contributed by atoms with Crippen LogP contribution in [0.4, 0.5) is 5.13 Å². The summed E-state index contributed by atoms with van der Waals surface area (Å²) in [5.41, 5.74) is 9.31. The summed E-state index contributed by atoms with van der Waals surface area (Å²) < 4.78 is 5.46. The fourth-order valence-electron chi connectivity index (χ4n) is 3.65. The molecule has 2 aliphatic rings. The monoisotopic (exact) mass is 527 g/mol. The van der Waals surface area contributed by atoms with Gasteiger partial charge in [-0.2, -0.15) is 0 Å². The highest BCUT2D eigenvalue weighted by molar-refractivity contribution is 8.00. The van der Waals surface area contributed by atoms with Gasteiger partial charge in [-0.1, -0.05) is 35.5 Å². The maximum absolute atomic E-state index is 12.8. The van der Waals surface area contributed by atoms with Crippen molar-refractivity contribution in [3.63, 3.8) is 0 Å². The maximum atomic E-state index is 12.8. The Morgan fingerprint density at radius 3 is 2.83 bits per heavy atom. The summed E-state index contributed by atoms with van der Waals surface area (Å²) in [5, 5.41) is 7.93. The van der Waals surface area contributed by atoms with Crippen LogP contribution in [-0.2, 0) is 24.0 Å². The number of nitrogen functional groups attached to an aromatic ring is 1. The van der Waals surface area contributed by atoms with Gasteiger partial charge in [0.25, 0.3) is 11.8 Å². The first-order chi connectivity index (χ1) is 17.3. The van der Waals surface area contributed by atoms with Crippen LogP contribution in [0, 0.1) is 6.92 Å². The molecule has 0 saturated carbocycles. The summed E-state index contributed by atoms with van der Waals surface area (Å²) in [6.45, 7) is 4.06. The molecule has 10 nitrogen and oxygen atoms in total. The number of amides is 2. The van der Waals surface area contributed by atoms with E-state index in [0.717, 1.165) is 28.0 Å². The number of anilines is 1. The number of thiazole rings is 1. The predicted octanol–water partition coefficient (Wildman–Crippen LogP) is 2.31. The number of oxime groups is 1. The number of hydrogen-bond acceptors (Lipinski definition) is 10. The second kappa shape index (κ2) is 11.0. The number of aromatic nitrogens is 1. The second-order valence-electron chi connectivity index (χ2n) is 8.17. The van der Waals surface area contributed by atoms with Gasteiger partial charge in [0.2, 0.25) is 0 Å². The fourth-order valence-corrected chi connectivity index (χ4v) is 5.45. The quantitative estimate of drug-likeness (QED) is 0.231. The molecule has 3 N–H and O–H groups in total. The molecule has 12 heteroatoms. The summed E-state index contributed by atoms with van der Waals surface area (Å²) in [5.74, 6) is -1.07. The van der Waals surface area contributed by atoms with Crippen LogP contribution in [0.1, 0.15) is 23.7 Å². The van der Waals surface area contributed by atoms with Gasteiger partial charge in [-0.25, -0.2) is 9.78 Å². The first kappa shape index (κ1) is 25.5. The number of fused-ring (bicyclic) bond motifs is 1. The number of nitrogens with zero attached hydrogens (tertiary/aromatic N) is 3. The summed E-state index contributed by atoms with van der Waals surface area (Å²) >= 11 is 2.53. The normalized spacial score (nSPS) is 19.7. The molecule has 2 aliphatic heterocycles. The van der Waals surface area contributed by atoms with Crippen LogP contribution in [0.25, 0.3) is 6.08 Å². The Labute approximate surface area is 216 Å². The van der Waals surface area contributed by atoms with Crippen LogP contribution >= 0.6 is 23.1 Å². The van der Waals surface area contributed by atoms with Crippen molar-refractivity contribution in [3.8, 4) is 0 Å². The van der Waals surface area contributed by atoms with Crippen LogP contribution in [0.5, 0.6) is 0 Å². The van der Waals surface area contributed by atoms with Crippen LogP contribution < -0.4 is 11.1 Å². The molecule has 2 aromatic rings. The topological polar surface area (TPSA) is 136 Å². The molecule has 0 radical (unpaired) electrons. The molecule has 0 bridgehead atoms. The second-order valence-corrected chi connectivity index (χ2v) is 10.2. The van der Waals surface area contributed by atoms with Gasteiger partial charge in [0.05, 0.1) is 5.57 Å². The highest BCUT2D eigenvalue weighted by atomic mass is 32.2. The van der Waals surface area contributed by atoms with Crippen molar-refractivity contribution in [3.05, 3.63) is 63.8 Å². The predicted molar refractivity (Wildman–Crippen MR) is 139 cm³/mol. The average molecular weight is 528 g/mol. The first-order valence-corrected chi connectivity index (χ1v) is 12.9. The summed E-state index contributed by atoms with van der Waals surface area (Å²) in [7, 11) is 1.31. The minimum absolute atomic E-state index is 0.0774. The Morgan fingerprint density at radius 1 is 1.36 bits per heavy atom. The van der Waals surface area contributed by atoms with E-state index in [1.54, 1.807) is 5.38 Å². The van der Waals surface area contributed by atoms with Gasteiger partial charge < -0.3 is 25.5 Å². The minimum Gasteiger partial charge on any atom is -0.458 e. The van der Waals surface area contributed by atoms with E-state index >= 15 is 0 Å². The van der Waals surface area contributed by atoms with Crippen molar-refractivity contribution in [2.45, 2.75) is 25.3 Å². The lowest BCUT2D eigenvalue weighted by atomic mass is 10.1. The molecule has 2 atom stereocenters. The van der Waals surface area contributed by atoms with E-state index in [0.29, 0.717) is 11.3 Å². The maximum Gasteiger partial charge on any atom is 0.336 e. The zero-order valence-corrected chi connectivity index (χ0v) is 21.5. The number of thioether (sulfide) groups is 1. The van der Waals surface area contributed by atoms with E-state index in [-0.39, 0.29) is 34.4 Å². The largest absolute Gasteiger partial charge is 0.458 e. The number of nitrogens with one attached hydrogen (secondary N) is 1. The molecule has 36 heavy (non-hydrogen) atoms. The summed E-state index contributed by atoms with van der Waals surface area (Å²) in [6.07, 6.45) is 3.48. The molecule has 3 heterocycles. The molecule has 1 aromatic heterocycles. The summed E-state index contributed by atoms with van der Waals surface area (Å²) in [4.78, 5) is 48.3. The van der Waals surface area contributed by atoms with Crippen LogP contribution in [-0.4, -0.2) is 64.3 Å². The van der Waals surface area contributed by atoms with E-state index < -0.39 is 17.9 Å². The molecule has 4 rings (SSSR count). The van der Waals surface area contributed by atoms with Crippen LogP contribution in [0.15, 0.2) is 52.1 Å². The van der Waals surface area contributed by atoms with E-state index in [4.69, 9.17) is 15.3 Å². The third kappa shape index (κ3) is 5.44. The SMILES string of the molecule is CON=C(C(=O)NC1C(=O)N2C=C(C(=O)OCC(C)=Cc3ccccc3C)CS[C@H]12)c1csc(N)n1. The molecule has 1 unspecified atom stereocenters. The van der Waals surface area contributed by atoms with E-state index in [9.17, 15) is 14.4 Å². The van der Waals surface area contributed by atoms with E-state index in [1.165, 1.54) is 30.0 Å². The number of hydrogen-bond donors (Lipinski definition) is 2. The number of nitrogens with two attached hydrogens (primary N) is 1. The molecular formula is C24H25N5O5S2. The Bertz CT molecular complexity index is 1290. The zero-order chi connectivity index (χ0) is 25.8.